The maximum absolute atomic E-state index is 13.0. The first-order valence-electron chi connectivity index (χ1n) is 15.0. The van der Waals surface area contributed by atoms with E-state index in [1.807, 2.05) is 32.9 Å². The van der Waals surface area contributed by atoms with E-state index < -0.39 is 0 Å². The van der Waals surface area contributed by atoms with Crippen LogP contribution in [-0.2, 0) is 14.3 Å². The van der Waals surface area contributed by atoms with Gasteiger partial charge in [-0.1, -0.05) is 13.8 Å². The van der Waals surface area contributed by atoms with Gasteiger partial charge in [0.2, 0.25) is 0 Å². The summed E-state index contributed by atoms with van der Waals surface area (Å²) >= 11 is 0. The fourth-order valence-corrected chi connectivity index (χ4v) is 7.35. The molecule has 8 bridgehead atoms. The molecule has 0 saturated carbocycles. The lowest BCUT2D eigenvalue weighted by molar-refractivity contribution is -0.140. The molecule has 0 spiro atoms. The van der Waals surface area contributed by atoms with E-state index in [-0.39, 0.29) is 30.0 Å². The van der Waals surface area contributed by atoms with Gasteiger partial charge in [0.25, 0.3) is 0 Å². The van der Waals surface area contributed by atoms with E-state index in [4.69, 9.17) is 19.7 Å². The molecule has 43 heavy (non-hydrogen) atoms. The summed E-state index contributed by atoms with van der Waals surface area (Å²) in [4.78, 5) is 40.4. The smallest absolute Gasteiger partial charge is 0.305 e. The van der Waals surface area contributed by atoms with Crippen molar-refractivity contribution in [1.29, 1.82) is 0 Å². The number of Topliss-reactive ketones (excluding diaryl/α,β-unsaturated/α-hetero) is 1. The van der Waals surface area contributed by atoms with Crippen LogP contribution in [0.15, 0.2) is 106 Å². The summed E-state index contributed by atoms with van der Waals surface area (Å²) in [5.41, 5.74) is 13.8. The quantitative estimate of drug-likeness (QED) is 0.358. The number of hydrogen-bond acceptors (Lipinski definition) is 8. The van der Waals surface area contributed by atoms with E-state index in [0.29, 0.717) is 29.9 Å². The number of esters is 1. The number of nitrogens with one attached hydrogen (secondary N) is 1. The molecule has 5 heterocycles. The number of methoxy groups -OCH3 is 1. The van der Waals surface area contributed by atoms with Crippen molar-refractivity contribution in [3.63, 3.8) is 0 Å². The van der Waals surface area contributed by atoms with Gasteiger partial charge < -0.3 is 15.2 Å². The molecule has 0 amide bonds. The van der Waals surface area contributed by atoms with Gasteiger partial charge in [0.15, 0.2) is 5.78 Å². The van der Waals surface area contributed by atoms with Gasteiger partial charge in [-0.3, -0.25) is 9.59 Å². The molecule has 8 heteroatoms. The van der Waals surface area contributed by atoms with E-state index in [1.54, 1.807) is 6.92 Å². The van der Waals surface area contributed by atoms with Crippen molar-refractivity contribution in [3.8, 4) is 0 Å². The average Bonchev–Trinajstić information content (AvgIpc) is 3.72. The van der Waals surface area contributed by atoms with Crippen molar-refractivity contribution < 1.29 is 19.4 Å². The third kappa shape index (κ3) is 4.37. The SMILES string of the molecule is CCC1=C(C)C2=NC1=CC1=C(C)C3=C(O)CC(=C4NC(=C(C)C5=NC(=C2)C(C(C)=O)=C5C)[C@@H](C)[C@@H]4CCC(=O)OC)C3=N1. The minimum atomic E-state index is -0.256. The predicted molar refractivity (Wildman–Crippen MR) is 169 cm³/mol. The molecule has 6 aliphatic rings. The van der Waals surface area contributed by atoms with Gasteiger partial charge in [0.05, 0.1) is 41.3 Å². The number of rotatable bonds is 5. The monoisotopic (exact) mass is 578 g/mol. The molecule has 1 aliphatic carbocycles. The highest BCUT2D eigenvalue weighted by atomic mass is 16.5. The maximum Gasteiger partial charge on any atom is 0.305 e. The largest absolute Gasteiger partial charge is 0.511 e. The number of carbonyl (C=O) groups excluding carboxylic acids is 2. The van der Waals surface area contributed by atoms with Crippen molar-refractivity contribution >= 4 is 28.9 Å². The van der Waals surface area contributed by atoms with E-state index in [1.165, 1.54) is 7.11 Å². The topological polar surface area (TPSA) is 113 Å². The first-order valence-corrected chi connectivity index (χ1v) is 15.0. The Labute approximate surface area is 252 Å². The van der Waals surface area contributed by atoms with Crippen molar-refractivity contribution in [1.82, 2.24) is 5.32 Å². The minimum Gasteiger partial charge on any atom is -0.511 e. The highest BCUT2D eigenvalue weighted by Gasteiger charge is 2.42. The van der Waals surface area contributed by atoms with E-state index >= 15 is 0 Å². The fraction of sp³-hybridized carbons (Fsp3) is 0.400. The van der Waals surface area contributed by atoms with Crippen molar-refractivity contribution in [2.45, 2.75) is 74.1 Å². The van der Waals surface area contributed by atoms with Crippen LogP contribution in [0.4, 0.5) is 0 Å². The maximum atomic E-state index is 13.0. The third-order valence-corrected chi connectivity index (χ3v) is 9.68. The standard InChI is InChI=1S/C35H38N4O4/c1-9-21-15(2)24-14-27-30(20(7)40)18(5)33(38-27)19(6)32-16(3)22(10-11-29(42)43-8)34(39-32)23-12-28(41)31-17(4)25(37-35(23)31)13-26(21)36-24/h13-14,16,22,39,41H,9-12H2,1-8H3/t16-,22-/m0/s1. The van der Waals surface area contributed by atoms with Gasteiger partial charge in [0.1, 0.15) is 5.76 Å². The lowest BCUT2D eigenvalue weighted by atomic mass is 9.85. The fourth-order valence-electron chi connectivity index (χ4n) is 7.35. The molecule has 2 atom stereocenters. The average molecular weight is 579 g/mol. The molecule has 6 rings (SSSR count). The number of carbonyl (C=O) groups is 2. The van der Waals surface area contributed by atoms with Gasteiger partial charge in [0, 0.05) is 52.8 Å². The molecule has 0 radical (unpaired) electrons. The Bertz CT molecular complexity index is 1780. The molecule has 1 saturated heterocycles. The number of aliphatic hydroxyl groups is 1. The van der Waals surface area contributed by atoms with E-state index in [9.17, 15) is 14.7 Å². The van der Waals surface area contributed by atoms with Crippen LogP contribution in [0.2, 0.25) is 0 Å². The summed E-state index contributed by atoms with van der Waals surface area (Å²) in [6.07, 6.45) is 5.95. The number of aliphatic hydroxyl groups excluding tert-OH is 1. The van der Waals surface area contributed by atoms with Crippen molar-refractivity contribution in [2.24, 2.45) is 26.8 Å². The highest BCUT2D eigenvalue weighted by Crippen LogP contribution is 2.47. The van der Waals surface area contributed by atoms with Crippen LogP contribution in [-0.4, -0.2) is 41.1 Å². The molecule has 0 unspecified atom stereocenters. The lowest BCUT2D eigenvalue weighted by Crippen LogP contribution is -2.16. The summed E-state index contributed by atoms with van der Waals surface area (Å²) in [5.74, 6) is 0.00472. The zero-order valence-electron chi connectivity index (χ0n) is 26.2. The van der Waals surface area contributed by atoms with Gasteiger partial charge in [-0.05, 0) is 87.5 Å². The Kier molecular flexibility index (Phi) is 6.98. The Morgan fingerprint density at radius 3 is 2.40 bits per heavy atom. The number of hydrogen-bond donors (Lipinski definition) is 2. The van der Waals surface area contributed by atoms with Crippen molar-refractivity contribution in [2.75, 3.05) is 7.11 Å². The van der Waals surface area contributed by atoms with Crippen LogP contribution in [0.5, 0.6) is 0 Å². The number of fused-ring (bicyclic) bond motifs is 5. The van der Waals surface area contributed by atoms with Crippen LogP contribution >= 0.6 is 0 Å². The number of allylic oxidation sites excluding steroid dienone is 12. The number of nitrogens with zero attached hydrogens (tertiary/aromatic N) is 3. The Morgan fingerprint density at radius 2 is 1.72 bits per heavy atom. The summed E-state index contributed by atoms with van der Waals surface area (Å²) in [6.45, 7) is 13.9. The number of aliphatic imine (C=N–C) groups is 3. The Balaban J connectivity index is 1.64. The molecule has 8 nitrogen and oxygen atoms in total. The van der Waals surface area contributed by atoms with Gasteiger partial charge in [-0.15, -0.1) is 0 Å². The van der Waals surface area contributed by atoms with Gasteiger partial charge in [-0.2, -0.15) is 0 Å². The Hall–Kier alpha value is -4.33. The number of ether oxygens (including phenoxy) is 1. The van der Waals surface area contributed by atoms with Crippen LogP contribution in [0.1, 0.15) is 74.1 Å². The highest BCUT2D eigenvalue weighted by molar-refractivity contribution is 6.23. The number of ketones is 1. The van der Waals surface area contributed by atoms with Crippen LogP contribution in [0.25, 0.3) is 0 Å². The minimum absolute atomic E-state index is 0.0219. The molecule has 2 N–H and O–H groups in total. The molecule has 222 valence electrons. The second kappa shape index (κ2) is 10.4. The summed E-state index contributed by atoms with van der Waals surface area (Å²) < 4.78 is 4.98. The van der Waals surface area contributed by atoms with E-state index in [2.05, 4.69) is 26.1 Å². The summed E-state index contributed by atoms with van der Waals surface area (Å²) in [7, 11) is 1.41. The van der Waals surface area contributed by atoms with Crippen LogP contribution in [0.3, 0.4) is 0 Å². The van der Waals surface area contributed by atoms with Crippen LogP contribution in [0, 0.1) is 11.8 Å². The first-order chi connectivity index (χ1) is 20.5. The first kappa shape index (κ1) is 28.8. The third-order valence-electron chi connectivity index (χ3n) is 9.68. The predicted octanol–water partition coefficient (Wildman–Crippen LogP) is 6.59. The van der Waals surface area contributed by atoms with Crippen LogP contribution < -0.4 is 5.32 Å². The van der Waals surface area contributed by atoms with E-state index in [0.717, 1.165) is 85.4 Å². The van der Waals surface area contributed by atoms with Crippen molar-refractivity contribution in [3.05, 3.63) is 91.0 Å². The normalized spacial score (nSPS) is 24.6. The molecule has 0 aromatic carbocycles. The second-order valence-corrected chi connectivity index (χ2v) is 12.1. The Morgan fingerprint density at radius 1 is 0.977 bits per heavy atom. The molecule has 5 aliphatic heterocycles. The molecular weight excluding hydrogens is 540 g/mol. The molecular formula is C35H38N4O4. The summed E-state index contributed by atoms with van der Waals surface area (Å²) in [6, 6.07) is 0. The zero-order valence-corrected chi connectivity index (χ0v) is 26.2. The molecule has 0 aromatic heterocycles. The van der Waals surface area contributed by atoms with Gasteiger partial charge in [-0.25, -0.2) is 15.0 Å². The summed E-state index contributed by atoms with van der Waals surface area (Å²) in [5, 5.41) is 15.0. The molecule has 1 fully saturated rings. The van der Waals surface area contributed by atoms with Gasteiger partial charge >= 0.3 is 5.97 Å². The molecule has 0 aromatic rings. The zero-order chi connectivity index (χ0) is 30.9. The lowest BCUT2D eigenvalue weighted by Gasteiger charge is -2.17. The second-order valence-electron chi connectivity index (χ2n) is 12.1.